The van der Waals surface area contributed by atoms with Crippen LogP contribution in [0.2, 0.25) is 10.3 Å². The van der Waals surface area contributed by atoms with Crippen molar-refractivity contribution in [2.45, 2.75) is 13.8 Å². The van der Waals surface area contributed by atoms with Gasteiger partial charge < -0.3 is 10.1 Å². The van der Waals surface area contributed by atoms with E-state index >= 15 is 0 Å². The van der Waals surface area contributed by atoms with Gasteiger partial charge in [0.2, 0.25) is 0 Å². The highest BCUT2D eigenvalue weighted by atomic mass is 35.5. The topological polar surface area (TPSA) is 68.3 Å². The Labute approximate surface area is 120 Å². The fourth-order valence-corrected chi connectivity index (χ4v) is 1.72. The van der Waals surface area contributed by atoms with Crippen molar-refractivity contribution in [1.29, 1.82) is 0 Å². The summed E-state index contributed by atoms with van der Waals surface area (Å²) in [6.45, 7) is 3.36. The number of ether oxygens (including phenoxy) is 1. The van der Waals surface area contributed by atoms with Gasteiger partial charge in [-0.3, -0.25) is 4.79 Å². The number of rotatable bonds is 3. The summed E-state index contributed by atoms with van der Waals surface area (Å²) < 4.78 is 4.58. The number of carbonyl (C=O) groups excluding carboxylic acids is 2. The second-order valence-corrected chi connectivity index (χ2v) is 4.60. The molecule has 0 unspecified atom stereocenters. The molecule has 5 nitrogen and oxygen atoms in total. The first kappa shape index (κ1) is 15.5. The average Bonchev–Trinajstić information content (AvgIpc) is 2.33. The zero-order valence-corrected chi connectivity index (χ0v) is 12.1. The second kappa shape index (κ2) is 6.54. The molecular formula is C12H12Cl2N2O3. The first-order valence-electron chi connectivity index (χ1n) is 5.25. The Kier molecular flexibility index (Phi) is 5.32. The van der Waals surface area contributed by atoms with Gasteiger partial charge in [-0.2, -0.15) is 0 Å². The van der Waals surface area contributed by atoms with E-state index in [0.29, 0.717) is 5.57 Å². The molecule has 1 amide bonds. The van der Waals surface area contributed by atoms with Gasteiger partial charge in [-0.15, -0.1) is 0 Å². The van der Waals surface area contributed by atoms with Crippen LogP contribution in [0.5, 0.6) is 0 Å². The number of nitrogens with zero attached hydrogens (tertiary/aromatic N) is 1. The van der Waals surface area contributed by atoms with Gasteiger partial charge >= 0.3 is 5.97 Å². The van der Waals surface area contributed by atoms with Crippen LogP contribution in [0.15, 0.2) is 23.4 Å². The molecule has 0 aliphatic rings. The van der Waals surface area contributed by atoms with E-state index in [9.17, 15) is 9.59 Å². The molecule has 102 valence electrons. The van der Waals surface area contributed by atoms with Gasteiger partial charge in [-0.25, -0.2) is 9.78 Å². The quantitative estimate of drug-likeness (QED) is 0.529. The van der Waals surface area contributed by atoms with Crippen molar-refractivity contribution in [3.05, 3.63) is 39.3 Å². The summed E-state index contributed by atoms with van der Waals surface area (Å²) in [5.74, 6) is -1.15. The Morgan fingerprint density at radius 1 is 1.21 bits per heavy atom. The molecule has 0 aliphatic carbocycles. The summed E-state index contributed by atoms with van der Waals surface area (Å²) in [5, 5.41) is 2.64. The van der Waals surface area contributed by atoms with Gasteiger partial charge in [0.05, 0.1) is 7.11 Å². The van der Waals surface area contributed by atoms with Crippen LogP contribution < -0.4 is 5.32 Å². The minimum Gasteiger partial charge on any atom is -0.464 e. The molecule has 19 heavy (non-hydrogen) atoms. The Bertz CT molecular complexity index is 532. The van der Waals surface area contributed by atoms with Gasteiger partial charge in [-0.1, -0.05) is 23.2 Å². The average molecular weight is 303 g/mol. The van der Waals surface area contributed by atoms with Gasteiger partial charge in [-0.05, 0) is 31.6 Å². The molecule has 0 aliphatic heterocycles. The van der Waals surface area contributed by atoms with E-state index in [2.05, 4.69) is 15.0 Å². The van der Waals surface area contributed by atoms with Gasteiger partial charge in [0.1, 0.15) is 16.0 Å². The molecular weight excluding hydrogens is 291 g/mol. The van der Waals surface area contributed by atoms with E-state index in [-0.39, 0.29) is 21.6 Å². The minimum absolute atomic E-state index is 0.0801. The highest BCUT2D eigenvalue weighted by molar-refractivity contribution is 6.33. The lowest BCUT2D eigenvalue weighted by atomic mass is 10.2. The van der Waals surface area contributed by atoms with Gasteiger partial charge in [0, 0.05) is 5.56 Å². The molecule has 0 saturated heterocycles. The van der Waals surface area contributed by atoms with E-state index in [0.717, 1.165) is 0 Å². The van der Waals surface area contributed by atoms with Crippen molar-refractivity contribution in [3.8, 4) is 0 Å². The van der Waals surface area contributed by atoms with E-state index in [4.69, 9.17) is 23.2 Å². The molecule has 1 heterocycles. The summed E-state index contributed by atoms with van der Waals surface area (Å²) in [6.07, 6.45) is 0. The van der Waals surface area contributed by atoms with Crippen LogP contribution in [-0.4, -0.2) is 24.0 Å². The first-order valence-corrected chi connectivity index (χ1v) is 6.01. The number of allylic oxidation sites excluding steroid dienone is 1. The van der Waals surface area contributed by atoms with Crippen LogP contribution in [0.4, 0.5) is 0 Å². The number of hydrogen-bond donors (Lipinski definition) is 1. The van der Waals surface area contributed by atoms with E-state index in [1.807, 2.05) is 0 Å². The lowest BCUT2D eigenvalue weighted by molar-refractivity contribution is -0.136. The Balaban J connectivity index is 3.01. The maximum Gasteiger partial charge on any atom is 0.354 e. The number of halogens is 2. The predicted octanol–water partition coefficient (Wildman–Crippen LogP) is 2.59. The van der Waals surface area contributed by atoms with Crippen molar-refractivity contribution < 1.29 is 14.3 Å². The Morgan fingerprint density at radius 3 is 2.16 bits per heavy atom. The number of aromatic nitrogens is 1. The zero-order valence-electron chi connectivity index (χ0n) is 10.6. The van der Waals surface area contributed by atoms with Crippen LogP contribution >= 0.6 is 23.2 Å². The number of methoxy groups -OCH3 is 1. The number of hydrogen-bond acceptors (Lipinski definition) is 4. The monoisotopic (exact) mass is 302 g/mol. The zero-order chi connectivity index (χ0) is 14.6. The number of amides is 1. The SMILES string of the molecule is COC(=O)C(NC(=O)c1cc(Cl)nc(Cl)c1)=C(C)C. The first-order chi connectivity index (χ1) is 8.85. The molecule has 1 N–H and O–H groups in total. The number of carbonyl (C=O) groups is 2. The molecule has 1 rings (SSSR count). The fourth-order valence-electron chi connectivity index (χ4n) is 1.26. The van der Waals surface area contributed by atoms with Crippen molar-refractivity contribution in [3.63, 3.8) is 0 Å². The van der Waals surface area contributed by atoms with E-state index < -0.39 is 11.9 Å². The maximum atomic E-state index is 12.0. The molecule has 0 saturated carbocycles. The number of nitrogens with one attached hydrogen (secondary N) is 1. The maximum absolute atomic E-state index is 12.0. The Hall–Kier alpha value is -1.59. The summed E-state index contributed by atoms with van der Waals surface area (Å²) in [7, 11) is 1.23. The van der Waals surface area contributed by atoms with E-state index in [1.165, 1.54) is 19.2 Å². The molecule has 7 heteroatoms. The molecule has 1 aromatic rings. The molecule has 0 atom stereocenters. The largest absolute Gasteiger partial charge is 0.464 e. The van der Waals surface area contributed by atoms with Gasteiger partial charge in [0.25, 0.3) is 5.91 Å². The molecule has 0 fully saturated rings. The summed E-state index contributed by atoms with van der Waals surface area (Å²) in [6, 6.07) is 2.70. The summed E-state index contributed by atoms with van der Waals surface area (Å²) >= 11 is 11.4. The molecule has 0 aromatic carbocycles. The highest BCUT2D eigenvalue weighted by Gasteiger charge is 2.17. The van der Waals surface area contributed by atoms with Crippen molar-refractivity contribution in [2.75, 3.05) is 7.11 Å². The Morgan fingerprint density at radius 2 is 1.74 bits per heavy atom. The molecule has 1 aromatic heterocycles. The third kappa shape index (κ3) is 4.22. The third-order valence-corrected chi connectivity index (χ3v) is 2.54. The molecule has 0 spiro atoms. The third-order valence-electron chi connectivity index (χ3n) is 2.15. The normalized spacial score (nSPS) is 9.74. The van der Waals surface area contributed by atoms with Crippen molar-refractivity contribution >= 4 is 35.1 Å². The molecule has 0 bridgehead atoms. The van der Waals surface area contributed by atoms with Gasteiger partial charge in [0.15, 0.2) is 0 Å². The van der Waals surface area contributed by atoms with Crippen LogP contribution in [0.3, 0.4) is 0 Å². The van der Waals surface area contributed by atoms with Crippen molar-refractivity contribution in [1.82, 2.24) is 10.3 Å². The van der Waals surface area contributed by atoms with Crippen LogP contribution in [0.25, 0.3) is 0 Å². The summed E-state index contributed by atoms with van der Waals surface area (Å²) in [5.41, 5.74) is 0.899. The molecule has 0 radical (unpaired) electrons. The summed E-state index contributed by atoms with van der Waals surface area (Å²) in [4.78, 5) is 27.2. The highest BCUT2D eigenvalue weighted by Crippen LogP contribution is 2.15. The fraction of sp³-hybridized carbons (Fsp3) is 0.250. The second-order valence-electron chi connectivity index (χ2n) is 3.82. The number of esters is 1. The van der Waals surface area contributed by atoms with E-state index in [1.54, 1.807) is 13.8 Å². The number of pyridine rings is 1. The van der Waals surface area contributed by atoms with Crippen LogP contribution in [-0.2, 0) is 9.53 Å². The standard InChI is InChI=1S/C12H12Cl2N2O3/c1-6(2)10(12(18)19-3)16-11(17)7-4-8(13)15-9(14)5-7/h4-5H,1-3H3,(H,16,17). The smallest absolute Gasteiger partial charge is 0.354 e. The minimum atomic E-state index is -0.625. The lowest BCUT2D eigenvalue weighted by Gasteiger charge is -2.10. The lowest BCUT2D eigenvalue weighted by Crippen LogP contribution is -2.29. The van der Waals surface area contributed by atoms with Crippen LogP contribution in [0, 0.1) is 0 Å². The van der Waals surface area contributed by atoms with Crippen LogP contribution in [0.1, 0.15) is 24.2 Å². The predicted molar refractivity (Wildman–Crippen MR) is 72.1 cm³/mol. The van der Waals surface area contributed by atoms with Crippen molar-refractivity contribution in [2.24, 2.45) is 0 Å².